The minimum atomic E-state index is 0.421. The van der Waals surface area contributed by atoms with Crippen LogP contribution in [-0.4, -0.2) is 32.8 Å². The van der Waals surface area contributed by atoms with E-state index in [1.54, 1.807) is 7.11 Å². The minimum absolute atomic E-state index is 0.421. The third kappa shape index (κ3) is 6.25. The topological polar surface area (TPSA) is 24.5 Å². The van der Waals surface area contributed by atoms with Gasteiger partial charge in [0.15, 0.2) is 0 Å². The van der Waals surface area contributed by atoms with Crippen molar-refractivity contribution in [1.82, 2.24) is 5.32 Å². The zero-order valence-corrected chi connectivity index (χ0v) is 14.7. The molecule has 0 aromatic heterocycles. The molecule has 0 saturated carbocycles. The van der Waals surface area contributed by atoms with E-state index in [0.717, 1.165) is 31.3 Å². The first kappa shape index (κ1) is 18.3. The molecule has 0 amide bonds. The van der Waals surface area contributed by atoms with Crippen LogP contribution in [0.3, 0.4) is 0 Å². The van der Waals surface area contributed by atoms with E-state index >= 15 is 0 Å². The van der Waals surface area contributed by atoms with Crippen LogP contribution in [0.2, 0.25) is 5.02 Å². The lowest BCUT2D eigenvalue weighted by Gasteiger charge is -2.31. The summed E-state index contributed by atoms with van der Waals surface area (Å²) in [7, 11) is 1.74. The number of methoxy groups -OCH3 is 1. The van der Waals surface area contributed by atoms with Gasteiger partial charge in [-0.2, -0.15) is 0 Å². The van der Waals surface area contributed by atoms with E-state index < -0.39 is 0 Å². The molecule has 21 heavy (non-hydrogen) atoms. The van der Waals surface area contributed by atoms with Crippen LogP contribution in [0, 0.1) is 5.92 Å². The number of hydrogen-bond donors (Lipinski definition) is 1. The Morgan fingerprint density at radius 3 is 2.52 bits per heavy atom. The van der Waals surface area contributed by atoms with Crippen LogP contribution >= 0.6 is 11.6 Å². The first-order valence-corrected chi connectivity index (χ1v) is 8.08. The normalized spacial score (nSPS) is 11.4. The molecule has 0 bridgehead atoms. The number of nitrogens with one attached hydrogen (secondary N) is 1. The molecule has 0 aliphatic carbocycles. The third-order valence-corrected chi connectivity index (χ3v) is 3.61. The number of benzene rings is 1. The van der Waals surface area contributed by atoms with Crippen molar-refractivity contribution in [2.24, 2.45) is 5.92 Å². The van der Waals surface area contributed by atoms with Crippen molar-refractivity contribution in [3.63, 3.8) is 0 Å². The van der Waals surface area contributed by atoms with Crippen LogP contribution in [0.5, 0.6) is 0 Å². The molecule has 0 aliphatic heterocycles. The Morgan fingerprint density at radius 1 is 1.24 bits per heavy atom. The van der Waals surface area contributed by atoms with E-state index in [1.807, 2.05) is 6.07 Å². The number of rotatable bonds is 9. The van der Waals surface area contributed by atoms with Crippen molar-refractivity contribution in [3.8, 4) is 0 Å². The molecule has 0 unspecified atom stereocenters. The molecule has 1 N–H and O–H groups in total. The molecule has 120 valence electrons. The van der Waals surface area contributed by atoms with Crippen LogP contribution in [-0.2, 0) is 11.3 Å². The fraction of sp³-hybridized carbons (Fsp3) is 0.647. The lowest BCUT2D eigenvalue weighted by atomic mass is 10.1. The number of halogens is 1. The molecule has 4 heteroatoms. The summed E-state index contributed by atoms with van der Waals surface area (Å²) in [5.41, 5.74) is 2.48. The summed E-state index contributed by atoms with van der Waals surface area (Å²) in [6.07, 6.45) is 0. The van der Waals surface area contributed by atoms with Crippen LogP contribution in [0.25, 0.3) is 0 Å². The fourth-order valence-corrected chi connectivity index (χ4v) is 2.51. The summed E-state index contributed by atoms with van der Waals surface area (Å²) >= 11 is 6.18. The standard InChI is InChI=1S/C17H29ClN2O/c1-13(2)11-19-12-15-10-16(18)6-7-17(15)20(14(3)4)8-9-21-5/h6-7,10,13-14,19H,8-9,11-12H2,1-5H3. The van der Waals surface area contributed by atoms with E-state index in [1.165, 1.54) is 11.3 Å². The molecular weight excluding hydrogens is 284 g/mol. The van der Waals surface area contributed by atoms with Gasteiger partial charge in [-0.25, -0.2) is 0 Å². The highest BCUT2D eigenvalue weighted by Crippen LogP contribution is 2.26. The SMILES string of the molecule is COCCN(c1ccc(Cl)cc1CNCC(C)C)C(C)C. The maximum atomic E-state index is 6.18. The van der Waals surface area contributed by atoms with E-state index in [9.17, 15) is 0 Å². The maximum absolute atomic E-state index is 6.18. The van der Waals surface area contributed by atoms with Crippen LogP contribution in [0.15, 0.2) is 18.2 Å². The molecular formula is C17H29ClN2O. The second-order valence-corrected chi connectivity index (χ2v) is 6.51. The zero-order chi connectivity index (χ0) is 15.8. The minimum Gasteiger partial charge on any atom is -0.383 e. The van der Waals surface area contributed by atoms with Crippen molar-refractivity contribution in [2.45, 2.75) is 40.3 Å². The van der Waals surface area contributed by atoms with Crippen molar-refractivity contribution in [2.75, 3.05) is 31.7 Å². The highest BCUT2D eigenvalue weighted by molar-refractivity contribution is 6.30. The molecule has 0 atom stereocenters. The molecule has 0 heterocycles. The molecule has 3 nitrogen and oxygen atoms in total. The molecule has 0 fully saturated rings. The Kier molecular flexibility index (Phi) is 8.09. The smallest absolute Gasteiger partial charge is 0.0637 e. The van der Waals surface area contributed by atoms with Gasteiger partial charge in [0.05, 0.1) is 6.61 Å². The maximum Gasteiger partial charge on any atom is 0.0637 e. The van der Waals surface area contributed by atoms with Gasteiger partial charge in [0.1, 0.15) is 0 Å². The van der Waals surface area contributed by atoms with Crippen molar-refractivity contribution in [1.29, 1.82) is 0 Å². The van der Waals surface area contributed by atoms with Crippen LogP contribution < -0.4 is 10.2 Å². The predicted molar refractivity (Wildman–Crippen MR) is 92.4 cm³/mol. The molecule has 1 aromatic carbocycles. The Hall–Kier alpha value is -0.770. The van der Waals surface area contributed by atoms with Gasteiger partial charge in [0, 0.05) is 37.0 Å². The van der Waals surface area contributed by atoms with E-state index in [0.29, 0.717) is 12.0 Å². The second-order valence-electron chi connectivity index (χ2n) is 6.08. The van der Waals surface area contributed by atoms with Crippen LogP contribution in [0.4, 0.5) is 5.69 Å². The van der Waals surface area contributed by atoms with Crippen molar-refractivity contribution in [3.05, 3.63) is 28.8 Å². The number of ether oxygens (including phenoxy) is 1. The largest absolute Gasteiger partial charge is 0.383 e. The highest BCUT2D eigenvalue weighted by atomic mass is 35.5. The van der Waals surface area contributed by atoms with Gasteiger partial charge in [0.2, 0.25) is 0 Å². The Bertz CT molecular complexity index is 421. The lowest BCUT2D eigenvalue weighted by molar-refractivity contribution is 0.204. The summed E-state index contributed by atoms with van der Waals surface area (Å²) in [5.74, 6) is 0.641. The summed E-state index contributed by atoms with van der Waals surface area (Å²) in [6.45, 7) is 12.3. The summed E-state index contributed by atoms with van der Waals surface area (Å²) < 4.78 is 5.24. The van der Waals surface area contributed by atoms with E-state index in [4.69, 9.17) is 16.3 Å². The highest BCUT2D eigenvalue weighted by Gasteiger charge is 2.14. The van der Waals surface area contributed by atoms with Gasteiger partial charge >= 0.3 is 0 Å². The first-order chi connectivity index (χ1) is 9.95. The van der Waals surface area contributed by atoms with Gasteiger partial charge in [-0.1, -0.05) is 25.4 Å². The Morgan fingerprint density at radius 2 is 1.95 bits per heavy atom. The van der Waals surface area contributed by atoms with E-state index in [-0.39, 0.29) is 0 Å². The summed E-state index contributed by atoms with van der Waals surface area (Å²) in [6, 6.07) is 6.56. The first-order valence-electron chi connectivity index (χ1n) is 7.70. The van der Waals surface area contributed by atoms with Gasteiger partial charge in [-0.15, -0.1) is 0 Å². The van der Waals surface area contributed by atoms with Gasteiger partial charge in [0.25, 0.3) is 0 Å². The average Bonchev–Trinajstić information content (AvgIpc) is 2.40. The lowest BCUT2D eigenvalue weighted by Crippen LogP contribution is -2.35. The second kappa shape index (κ2) is 9.29. The summed E-state index contributed by atoms with van der Waals surface area (Å²) in [5, 5.41) is 4.29. The molecule has 0 saturated heterocycles. The quantitative estimate of drug-likeness (QED) is 0.747. The monoisotopic (exact) mass is 312 g/mol. The molecule has 0 radical (unpaired) electrons. The molecule has 1 aromatic rings. The third-order valence-electron chi connectivity index (χ3n) is 3.38. The Balaban J connectivity index is 2.91. The zero-order valence-electron chi connectivity index (χ0n) is 13.9. The van der Waals surface area contributed by atoms with E-state index in [2.05, 4.69) is 50.0 Å². The fourth-order valence-electron chi connectivity index (χ4n) is 2.32. The summed E-state index contributed by atoms with van der Waals surface area (Å²) in [4.78, 5) is 2.37. The number of hydrogen-bond acceptors (Lipinski definition) is 3. The number of nitrogens with zero attached hydrogens (tertiary/aromatic N) is 1. The van der Waals surface area contributed by atoms with Gasteiger partial charge in [-0.05, 0) is 50.1 Å². The van der Waals surface area contributed by atoms with Crippen molar-refractivity contribution >= 4 is 17.3 Å². The van der Waals surface area contributed by atoms with Gasteiger partial charge < -0.3 is 15.0 Å². The molecule has 0 spiro atoms. The number of anilines is 1. The molecule has 0 aliphatic rings. The Labute approximate surface area is 134 Å². The van der Waals surface area contributed by atoms with Crippen LogP contribution in [0.1, 0.15) is 33.3 Å². The molecule has 1 rings (SSSR count). The average molecular weight is 313 g/mol. The predicted octanol–water partition coefficient (Wildman–Crippen LogP) is 3.95. The van der Waals surface area contributed by atoms with Gasteiger partial charge in [-0.3, -0.25) is 0 Å². The van der Waals surface area contributed by atoms with Crippen molar-refractivity contribution < 1.29 is 4.74 Å².